The van der Waals surface area contributed by atoms with E-state index in [0.29, 0.717) is 30.5 Å². The lowest BCUT2D eigenvalue weighted by Crippen LogP contribution is -2.20. The highest BCUT2D eigenvalue weighted by Gasteiger charge is 2.27. The van der Waals surface area contributed by atoms with E-state index < -0.39 is 12.1 Å². The zero-order valence-electron chi connectivity index (χ0n) is 10.1. The van der Waals surface area contributed by atoms with Crippen molar-refractivity contribution in [2.45, 2.75) is 6.10 Å². The molecule has 1 N–H and O–H groups in total. The van der Waals surface area contributed by atoms with Crippen molar-refractivity contribution in [3.8, 4) is 17.2 Å². The second kappa shape index (κ2) is 5.14. The molecule has 0 bridgehead atoms. The molecule has 1 atom stereocenters. The van der Waals surface area contributed by atoms with Gasteiger partial charge in [0.05, 0.1) is 14.2 Å². The van der Waals surface area contributed by atoms with Crippen LogP contribution in [0.25, 0.3) is 0 Å². The first-order chi connectivity index (χ1) is 8.67. The summed E-state index contributed by atoms with van der Waals surface area (Å²) in [5.41, 5.74) is 0.274. The summed E-state index contributed by atoms with van der Waals surface area (Å²) in [5.74, 6) is 0.496. The highest BCUT2D eigenvalue weighted by atomic mass is 16.6. The van der Waals surface area contributed by atoms with Gasteiger partial charge in [0.2, 0.25) is 0 Å². The van der Waals surface area contributed by atoms with Crippen molar-refractivity contribution >= 4 is 5.97 Å². The van der Waals surface area contributed by atoms with Crippen LogP contribution in [0.3, 0.4) is 0 Å². The van der Waals surface area contributed by atoms with Gasteiger partial charge in [0, 0.05) is 11.6 Å². The minimum Gasteiger partial charge on any atom is -0.497 e. The standard InChI is InChI=1S/C12H14O6/c1-15-7-5-8(10(13)12(14)16-2)11-9(6-7)17-3-4-18-11/h5-6,10,13H,3-4H2,1-2H3. The van der Waals surface area contributed by atoms with Crippen LogP contribution in [-0.2, 0) is 9.53 Å². The third-order valence-corrected chi connectivity index (χ3v) is 2.60. The number of aliphatic hydroxyl groups excluding tert-OH is 1. The maximum atomic E-state index is 11.4. The second-order valence-electron chi connectivity index (χ2n) is 3.67. The molecule has 1 aliphatic rings. The van der Waals surface area contributed by atoms with Crippen molar-refractivity contribution in [3.05, 3.63) is 17.7 Å². The Bertz CT molecular complexity index is 456. The third kappa shape index (κ3) is 2.19. The van der Waals surface area contributed by atoms with Crippen molar-refractivity contribution in [1.29, 1.82) is 0 Å². The van der Waals surface area contributed by atoms with Gasteiger partial charge in [-0.1, -0.05) is 0 Å². The molecule has 18 heavy (non-hydrogen) atoms. The SMILES string of the molecule is COC(=O)C(O)c1cc(OC)cc2c1OCCO2. The van der Waals surface area contributed by atoms with E-state index in [2.05, 4.69) is 4.74 Å². The number of esters is 1. The van der Waals surface area contributed by atoms with E-state index >= 15 is 0 Å². The Morgan fingerprint density at radius 1 is 1.33 bits per heavy atom. The van der Waals surface area contributed by atoms with E-state index in [1.165, 1.54) is 20.3 Å². The number of hydrogen-bond acceptors (Lipinski definition) is 6. The molecule has 0 amide bonds. The molecular formula is C12H14O6. The van der Waals surface area contributed by atoms with Crippen molar-refractivity contribution in [1.82, 2.24) is 0 Å². The molecule has 1 unspecified atom stereocenters. The lowest BCUT2D eigenvalue weighted by molar-refractivity contribution is -0.150. The predicted molar refractivity (Wildman–Crippen MR) is 61.0 cm³/mol. The fourth-order valence-corrected chi connectivity index (χ4v) is 1.71. The molecule has 0 spiro atoms. The summed E-state index contributed by atoms with van der Waals surface area (Å²) in [5, 5.41) is 9.90. The quantitative estimate of drug-likeness (QED) is 0.799. The highest BCUT2D eigenvalue weighted by molar-refractivity contribution is 5.78. The lowest BCUT2D eigenvalue weighted by Gasteiger charge is -2.23. The van der Waals surface area contributed by atoms with Crippen LogP contribution in [0.4, 0.5) is 0 Å². The van der Waals surface area contributed by atoms with Gasteiger partial charge >= 0.3 is 5.97 Å². The molecule has 1 aromatic carbocycles. The summed E-state index contributed by atoms with van der Waals surface area (Å²) in [6.07, 6.45) is -1.43. The van der Waals surface area contributed by atoms with Gasteiger partial charge in [0.15, 0.2) is 17.6 Å². The number of methoxy groups -OCH3 is 2. The molecule has 0 saturated heterocycles. The summed E-state index contributed by atoms with van der Waals surface area (Å²) in [4.78, 5) is 11.4. The normalized spacial score (nSPS) is 14.8. The topological polar surface area (TPSA) is 74.2 Å². The van der Waals surface area contributed by atoms with Crippen LogP contribution in [-0.4, -0.2) is 38.5 Å². The summed E-state index contributed by atoms with van der Waals surface area (Å²) in [7, 11) is 2.69. The smallest absolute Gasteiger partial charge is 0.339 e. The number of ether oxygens (including phenoxy) is 4. The summed E-state index contributed by atoms with van der Waals surface area (Å²) in [6, 6.07) is 3.16. The van der Waals surface area contributed by atoms with Crippen LogP contribution >= 0.6 is 0 Å². The highest BCUT2D eigenvalue weighted by Crippen LogP contribution is 2.40. The van der Waals surface area contributed by atoms with Gasteiger partial charge in [-0.15, -0.1) is 0 Å². The molecule has 0 fully saturated rings. The summed E-state index contributed by atoms with van der Waals surface area (Å²) >= 11 is 0. The van der Waals surface area contributed by atoms with Crippen LogP contribution in [0.1, 0.15) is 11.7 Å². The maximum Gasteiger partial charge on any atom is 0.339 e. The Labute approximate surface area is 104 Å². The van der Waals surface area contributed by atoms with Crippen LogP contribution in [0.5, 0.6) is 17.2 Å². The van der Waals surface area contributed by atoms with Gasteiger partial charge in [-0.2, -0.15) is 0 Å². The van der Waals surface area contributed by atoms with Crippen molar-refractivity contribution in [2.24, 2.45) is 0 Å². The Kier molecular flexibility index (Phi) is 3.57. The van der Waals surface area contributed by atoms with Gasteiger partial charge < -0.3 is 24.1 Å². The third-order valence-electron chi connectivity index (χ3n) is 2.60. The molecule has 1 aliphatic heterocycles. The first kappa shape index (κ1) is 12.5. The van der Waals surface area contributed by atoms with Gasteiger partial charge in [-0.3, -0.25) is 0 Å². The maximum absolute atomic E-state index is 11.4. The first-order valence-corrected chi connectivity index (χ1v) is 5.40. The summed E-state index contributed by atoms with van der Waals surface area (Å²) < 4.78 is 20.4. The van der Waals surface area contributed by atoms with Gasteiger partial charge in [0.25, 0.3) is 0 Å². The molecule has 98 valence electrons. The molecule has 0 radical (unpaired) electrons. The Morgan fingerprint density at radius 2 is 2.06 bits per heavy atom. The molecule has 1 heterocycles. The molecule has 6 nitrogen and oxygen atoms in total. The Morgan fingerprint density at radius 3 is 2.72 bits per heavy atom. The van der Waals surface area contributed by atoms with E-state index in [9.17, 15) is 9.90 Å². The molecule has 0 aliphatic carbocycles. The van der Waals surface area contributed by atoms with Crippen molar-refractivity contribution in [2.75, 3.05) is 27.4 Å². The number of benzene rings is 1. The van der Waals surface area contributed by atoms with Gasteiger partial charge in [-0.25, -0.2) is 4.79 Å². The molecular weight excluding hydrogens is 240 g/mol. The number of carbonyl (C=O) groups excluding carboxylic acids is 1. The van der Waals surface area contributed by atoms with E-state index in [1.54, 1.807) is 6.07 Å². The average molecular weight is 254 g/mol. The lowest BCUT2D eigenvalue weighted by atomic mass is 10.1. The van der Waals surface area contributed by atoms with Crippen LogP contribution in [0, 0.1) is 0 Å². The van der Waals surface area contributed by atoms with E-state index in [1.807, 2.05) is 0 Å². The molecule has 0 saturated carbocycles. The largest absolute Gasteiger partial charge is 0.497 e. The van der Waals surface area contributed by atoms with Gasteiger partial charge in [-0.05, 0) is 6.07 Å². The average Bonchev–Trinajstić information content (AvgIpc) is 2.44. The minimum atomic E-state index is -1.43. The van der Waals surface area contributed by atoms with Crippen molar-refractivity contribution < 1.29 is 28.8 Å². The zero-order valence-corrected chi connectivity index (χ0v) is 10.1. The second-order valence-corrected chi connectivity index (χ2v) is 3.67. The fraction of sp³-hybridized carbons (Fsp3) is 0.417. The van der Waals surface area contributed by atoms with E-state index in [4.69, 9.17) is 14.2 Å². The number of aliphatic hydroxyl groups is 1. The molecule has 0 aromatic heterocycles. The monoisotopic (exact) mass is 254 g/mol. The van der Waals surface area contributed by atoms with Crippen molar-refractivity contribution in [3.63, 3.8) is 0 Å². The molecule has 6 heteroatoms. The number of fused-ring (bicyclic) bond motifs is 1. The number of hydrogen-bond donors (Lipinski definition) is 1. The molecule has 2 rings (SSSR count). The zero-order chi connectivity index (χ0) is 13.1. The number of carbonyl (C=O) groups is 1. The van der Waals surface area contributed by atoms with E-state index in [0.717, 1.165) is 0 Å². The number of rotatable bonds is 3. The minimum absolute atomic E-state index is 0.274. The molecule has 1 aromatic rings. The van der Waals surface area contributed by atoms with Crippen LogP contribution in [0.15, 0.2) is 12.1 Å². The predicted octanol–water partition coefficient (Wildman–Crippen LogP) is 0.673. The first-order valence-electron chi connectivity index (χ1n) is 5.40. The van der Waals surface area contributed by atoms with Crippen LogP contribution < -0.4 is 14.2 Å². The van der Waals surface area contributed by atoms with Crippen LogP contribution in [0.2, 0.25) is 0 Å². The Balaban J connectivity index is 2.47. The Hall–Kier alpha value is -1.95. The summed E-state index contributed by atoms with van der Waals surface area (Å²) in [6.45, 7) is 0.772. The van der Waals surface area contributed by atoms with Gasteiger partial charge in [0.1, 0.15) is 19.0 Å². The fourth-order valence-electron chi connectivity index (χ4n) is 1.71. The van der Waals surface area contributed by atoms with E-state index in [-0.39, 0.29) is 5.56 Å².